The van der Waals surface area contributed by atoms with E-state index >= 15 is 0 Å². The van der Waals surface area contributed by atoms with E-state index in [1.54, 1.807) is 20.3 Å². The lowest BCUT2D eigenvalue weighted by Crippen LogP contribution is -2.35. The Morgan fingerprint density at radius 1 is 1.06 bits per heavy atom. The number of hydrogen-bond acceptors (Lipinski definition) is 7. The SMILES string of the molecule is COc1ccc(CC2=NN3C(=N)/C(=C/c4ccc(-c5ccccc5)o4)C(=O)N=C3S2)cc1OC. The van der Waals surface area contributed by atoms with E-state index in [0.717, 1.165) is 11.1 Å². The van der Waals surface area contributed by atoms with Gasteiger partial charge in [0.05, 0.1) is 19.8 Å². The molecule has 0 saturated carbocycles. The van der Waals surface area contributed by atoms with E-state index in [0.29, 0.717) is 39.7 Å². The summed E-state index contributed by atoms with van der Waals surface area (Å²) < 4.78 is 16.5. The maximum absolute atomic E-state index is 12.7. The van der Waals surface area contributed by atoms with Gasteiger partial charge in [-0.05, 0) is 47.7 Å². The van der Waals surface area contributed by atoms with Gasteiger partial charge in [0.25, 0.3) is 5.91 Å². The number of nitrogens with one attached hydrogen (secondary N) is 1. The lowest BCUT2D eigenvalue weighted by molar-refractivity contribution is -0.114. The van der Waals surface area contributed by atoms with E-state index in [1.165, 1.54) is 22.8 Å². The van der Waals surface area contributed by atoms with Crippen molar-refractivity contribution in [1.29, 1.82) is 5.41 Å². The van der Waals surface area contributed by atoms with Gasteiger partial charge in [-0.1, -0.05) is 36.4 Å². The molecule has 34 heavy (non-hydrogen) atoms. The second-order valence-electron chi connectivity index (χ2n) is 7.45. The van der Waals surface area contributed by atoms with Gasteiger partial charge in [-0.25, -0.2) is 0 Å². The van der Waals surface area contributed by atoms with E-state index in [4.69, 9.17) is 19.3 Å². The summed E-state index contributed by atoms with van der Waals surface area (Å²) in [5, 5.41) is 15.6. The number of thioether (sulfide) groups is 1. The van der Waals surface area contributed by atoms with Gasteiger partial charge in [-0.15, -0.1) is 0 Å². The fourth-order valence-electron chi connectivity index (χ4n) is 3.60. The molecular weight excluding hydrogens is 452 g/mol. The molecule has 0 unspecified atom stereocenters. The molecule has 2 aromatic carbocycles. The smallest absolute Gasteiger partial charge is 0.283 e. The normalized spacial score (nSPS) is 16.4. The number of rotatable bonds is 6. The highest BCUT2D eigenvalue weighted by Crippen LogP contribution is 2.32. The van der Waals surface area contributed by atoms with Gasteiger partial charge in [-0.2, -0.15) is 15.1 Å². The van der Waals surface area contributed by atoms with Crippen molar-refractivity contribution < 1.29 is 18.7 Å². The second kappa shape index (κ2) is 9.03. The highest BCUT2D eigenvalue weighted by molar-refractivity contribution is 8.26. The first-order valence-corrected chi connectivity index (χ1v) is 11.2. The first-order chi connectivity index (χ1) is 16.6. The minimum atomic E-state index is -0.496. The summed E-state index contributed by atoms with van der Waals surface area (Å²) in [6.07, 6.45) is 2.03. The van der Waals surface area contributed by atoms with E-state index in [2.05, 4.69) is 10.1 Å². The van der Waals surface area contributed by atoms with E-state index < -0.39 is 5.91 Å². The first-order valence-electron chi connectivity index (χ1n) is 10.4. The lowest BCUT2D eigenvalue weighted by Gasteiger charge is -2.19. The number of carbonyl (C=O) groups excluding carboxylic acids is 1. The molecule has 1 aromatic heterocycles. The molecule has 3 aromatic rings. The van der Waals surface area contributed by atoms with Crippen LogP contribution in [0.2, 0.25) is 0 Å². The molecule has 1 amide bonds. The number of fused-ring (bicyclic) bond motifs is 1. The number of amides is 1. The van der Waals surface area contributed by atoms with Gasteiger partial charge in [-0.3, -0.25) is 10.2 Å². The van der Waals surface area contributed by atoms with Crippen molar-refractivity contribution in [2.45, 2.75) is 6.42 Å². The Morgan fingerprint density at radius 2 is 1.85 bits per heavy atom. The maximum Gasteiger partial charge on any atom is 0.283 e. The molecule has 3 heterocycles. The summed E-state index contributed by atoms with van der Waals surface area (Å²) in [5.74, 6) is 1.88. The molecule has 5 rings (SSSR count). The van der Waals surface area contributed by atoms with Crippen LogP contribution >= 0.6 is 11.8 Å². The van der Waals surface area contributed by atoms with Crippen LogP contribution in [0.1, 0.15) is 11.3 Å². The molecular formula is C25H20N4O4S. The number of carbonyl (C=O) groups is 1. The van der Waals surface area contributed by atoms with Crippen LogP contribution in [0.4, 0.5) is 0 Å². The molecule has 0 saturated heterocycles. The zero-order valence-electron chi connectivity index (χ0n) is 18.4. The highest BCUT2D eigenvalue weighted by atomic mass is 32.2. The van der Waals surface area contributed by atoms with Crippen LogP contribution in [-0.2, 0) is 11.2 Å². The Morgan fingerprint density at radius 3 is 2.62 bits per heavy atom. The topological polar surface area (TPSA) is 100 Å². The van der Waals surface area contributed by atoms with Gasteiger partial charge >= 0.3 is 0 Å². The Balaban J connectivity index is 1.37. The van der Waals surface area contributed by atoms with E-state index in [1.807, 2.05) is 54.6 Å². The van der Waals surface area contributed by atoms with Crippen molar-refractivity contribution in [3.05, 3.63) is 77.6 Å². The van der Waals surface area contributed by atoms with Gasteiger partial charge in [0.15, 0.2) is 17.3 Å². The third kappa shape index (κ3) is 4.13. The monoisotopic (exact) mass is 472 g/mol. The highest BCUT2D eigenvalue weighted by Gasteiger charge is 2.35. The lowest BCUT2D eigenvalue weighted by atomic mass is 10.1. The summed E-state index contributed by atoms with van der Waals surface area (Å²) >= 11 is 1.27. The van der Waals surface area contributed by atoms with Crippen molar-refractivity contribution >= 4 is 39.8 Å². The van der Waals surface area contributed by atoms with Gasteiger partial charge in [0, 0.05) is 12.0 Å². The standard InChI is InChI=1S/C25H20N4O4S/c1-31-20-10-8-15(12-21(20)32-2)13-22-28-29-23(26)18(24(30)27-25(29)34-22)14-17-9-11-19(33-17)16-6-4-3-5-7-16/h3-12,14,26H,13H2,1-2H3/b18-14-,26-23?. The van der Waals surface area contributed by atoms with Crippen molar-refractivity contribution in [3.8, 4) is 22.8 Å². The largest absolute Gasteiger partial charge is 0.493 e. The summed E-state index contributed by atoms with van der Waals surface area (Å²) in [7, 11) is 3.17. The van der Waals surface area contributed by atoms with Gasteiger partial charge in [0.2, 0.25) is 5.17 Å². The molecule has 0 atom stereocenters. The molecule has 0 aliphatic carbocycles. The van der Waals surface area contributed by atoms with Crippen molar-refractivity contribution in [1.82, 2.24) is 5.01 Å². The summed E-state index contributed by atoms with van der Waals surface area (Å²) in [4.78, 5) is 16.8. The van der Waals surface area contributed by atoms with Crippen LogP contribution in [-0.4, -0.2) is 41.2 Å². The number of benzene rings is 2. The number of amidine groups is 2. The number of furan rings is 1. The van der Waals surface area contributed by atoms with Crippen LogP contribution in [0, 0.1) is 5.41 Å². The fourth-order valence-corrected chi connectivity index (χ4v) is 4.52. The molecule has 2 aliphatic heterocycles. The van der Waals surface area contributed by atoms with Crippen LogP contribution in [0.3, 0.4) is 0 Å². The molecule has 0 bridgehead atoms. The Labute approximate surface area is 200 Å². The van der Waals surface area contributed by atoms with Gasteiger partial charge < -0.3 is 13.9 Å². The summed E-state index contributed by atoms with van der Waals surface area (Å²) in [6.45, 7) is 0. The minimum Gasteiger partial charge on any atom is -0.493 e. The van der Waals surface area contributed by atoms with Crippen LogP contribution in [0.5, 0.6) is 11.5 Å². The predicted octanol–water partition coefficient (Wildman–Crippen LogP) is 4.83. The molecule has 0 radical (unpaired) electrons. The molecule has 0 spiro atoms. The van der Waals surface area contributed by atoms with Crippen molar-refractivity contribution in [2.24, 2.45) is 10.1 Å². The van der Waals surface area contributed by atoms with Crippen molar-refractivity contribution in [2.75, 3.05) is 14.2 Å². The Hall–Kier alpha value is -4.11. The molecule has 9 heteroatoms. The number of nitrogens with zero attached hydrogens (tertiary/aromatic N) is 3. The number of hydrogen-bond donors (Lipinski definition) is 1. The van der Waals surface area contributed by atoms with E-state index in [-0.39, 0.29) is 11.4 Å². The quantitative estimate of drug-likeness (QED) is 0.516. The average molecular weight is 473 g/mol. The number of methoxy groups -OCH3 is 2. The predicted molar refractivity (Wildman–Crippen MR) is 132 cm³/mol. The fraction of sp³-hybridized carbons (Fsp3) is 0.120. The molecule has 2 aliphatic rings. The molecule has 170 valence electrons. The molecule has 1 N–H and O–H groups in total. The molecule has 8 nitrogen and oxygen atoms in total. The van der Waals surface area contributed by atoms with Crippen LogP contribution in [0.25, 0.3) is 17.4 Å². The zero-order valence-corrected chi connectivity index (χ0v) is 19.3. The van der Waals surface area contributed by atoms with E-state index in [9.17, 15) is 4.79 Å². The third-order valence-corrected chi connectivity index (χ3v) is 6.18. The maximum atomic E-state index is 12.7. The number of ether oxygens (including phenoxy) is 2. The Kier molecular flexibility index (Phi) is 5.77. The minimum absolute atomic E-state index is 0.0394. The zero-order chi connectivity index (χ0) is 23.7. The Bertz CT molecular complexity index is 1370. The van der Waals surface area contributed by atoms with Crippen LogP contribution in [0.15, 0.2) is 80.7 Å². The summed E-state index contributed by atoms with van der Waals surface area (Å²) in [5.41, 5.74) is 2.01. The molecule has 0 fully saturated rings. The van der Waals surface area contributed by atoms with Crippen molar-refractivity contribution in [3.63, 3.8) is 0 Å². The van der Waals surface area contributed by atoms with Gasteiger partial charge in [0.1, 0.15) is 16.6 Å². The summed E-state index contributed by atoms with van der Waals surface area (Å²) in [6, 6.07) is 18.9. The number of aliphatic imine (C=N–C) groups is 1. The average Bonchev–Trinajstić information content (AvgIpc) is 3.49. The van der Waals surface area contributed by atoms with Crippen LogP contribution < -0.4 is 9.47 Å². The second-order valence-corrected chi connectivity index (χ2v) is 8.49. The third-order valence-electron chi connectivity index (χ3n) is 5.27. The number of hydrazone groups is 1. The first kappa shape index (κ1) is 21.7.